The quantitative estimate of drug-likeness (QED) is 0.737. The molecule has 1 saturated carbocycles. The van der Waals surface area contributed by atoms with E-state index in [9.17, 15) is 4.79 Å². The van der Waals surface area contributed by atoms with E-state index in [4.69, 9.17) is 5.11 Å². The number of allylic oxidation sites excluding steroid dienone is 2. The highest BCUT2D eigenvalue weighted by atomic mass is 16.4. The Morgan fingerprint density at radius 1 is 1.33 bits per heavy atom. The molecule has 2 rings (SSSR count). The Hall–Kier alpha value is -1.57. The molecule has 0 saturated heterocycles. The van der Waals surface area contributed by atoms with Crippen molar-refractivity contribution in [1.29, 1.82) is 0 Å². The van der Waals surface area contributed by atoms with E-state index in [0.717, 1.165) is 25.7 Å². The molecule has 2 unspecified atom stereocenters. The maximum absolute atomic E-state index is 10.9. The van der Waals surface area contributed by atoms with Gasteiger partial charge in [-0.3, -0.25) is 4.79 Å². The van der Waals surface area contributed by atoms with Crippen LogP contribution < -0.4 is 0 Å². The van der Waals surface area contributed by atoms with Crippen LogP contribution in [0.1, 0.15) is 44.6 Å². The molecule has 0 bridgehead atoms. The maximum Gasteiger partial charge on any atom is 0.303 e. The highest BCUT2D eigenvalue weighted by Crippen LogP contribution is 2.35. The molecule has 2 heteroatoms. The predicted octanol–water partition coefficient (Wildman–Crippen LogP) is 4.70. The molecule has 0 amide bonds. The number of rotatable bonds is 7. The van der Waals surface area contributed by atoms with Crippen LogP contribution in [0.3, 0.4) is 0 Å². The Labute approximate surface area is 127 Å². The predicted molar refractivity (Wildman–Crippen MR) is 86.2 cm³/mol. The first-order valence-corrected chi connectivity index (χ1v) is 8.09. The van der Waals surface area contributed by atoms with Crippen LogP contribution in [0.2, 0.25) is 0 Å². The number of carbonyl (C=O) groups is 1. The van der Waals surface area contributed by atoms with E-state index < -0.39 is 5.97 Å². The Morgan fingerprint density at radius 3 is 2.81 bits per heavy atom. The van der Waals surface area contributed by atoms with E-state index in [1.165, 1.54) is 12.0 Å². The van der Waals surface area contributed by atoms with E-state index in [1.54, 1.807) is 0 Å². The van der Waals surface area contributed by atoms with E-state index in [1.807, 2.05) is 0 Å². The second kappa shape index (κ2) is 8.02. The minimum absolute atomic E-state index is 0.327. The van der Waals surface area contributed by atoms with E-state index >= 15 is 0 Å². The van der Waals surface area contributed by atoms with Gasteiger partial charge in [0, 0.05) is 6.42 Å². The average molecular weight is 286 g/mol. The number of aryl methyl sites for hydroxylation is 1. The first kappa shape index (κ1) is 15.8. The highest BCUT2D eigenvalue weighted by molar-refractivity contribution is 5.67. The lowest BCUT2D eigenvalue weighted by atomic mass is 9.91. The van der Waals surface area contributed by atoms with Crippen LogP contribution in [-0.4, -0.2) is 11.1 Å². The fourth-order valence-electron chi connectivity index (χ4n) is 3.26. The lowest BCUT2D eigenvalue weighted by molar-refractivity contribution is -0.138. The zero-order valence-corrected chi connectivity index (χ0v) is 12.9. The third-order valence-electron chi connectivity index (χ3n) is 4.57. The molecule has 114 valence electrons. The summed E-state index contributed by atoms with van der Waals surface area (Å²) in [5, 5.41) is 8.96. The Morgan fingerprint density at radius 2 is 2.10 bits per heavy atom. The second-order valence-corrected chi connectivity index (χ2v) is 6.34. The van der Waals surface area contributed by atoms with Gasteiger partial charge in [0.2, 0.25) is 0 Å². The van der Waals surface area contributed by atoms with Crippen molar-refractivity contribution in [3.05, 3.63) is 48.0 Å². The molecule has 0 radical (unpaired) electrons. The van der Waals surface area contributed by atoms with Crippen molar-refractivity contribution in [2.45, 2.75) is 45.4 Å². The first-order chi connectivity index (χ1) is 10.1. The van der Waals surface area contributed by atoms with Gasteiger partial charge in [-0.1, -0.05) is 55.8 Å². The fourth-order valence-corrected chi connectivity index (χ4v) is 3.26. The zero-order chi connectivity index (χ0) is 15.1. The van der Waals surface area contributed by atoms with Gasteiger partial charge in [-0.2, -0.15) is 0 Å². The fraction of sp³-hybridized carbons (Fsp3) is 0.526. The van der Waals surface area contributed by atoms with E-state index in [0.29, 0.717) is 24.2 Å². The van der Waals surface area contributed by atoms with Gasteiger partial charge in [0.25, 0.3) is 0 Å². The number of hydrogen-bond donors (Lipinski definition) is 1. The van der Waals surface area contributed by atoms with Crippen LogP contribution in [0.25, 0.3) is 0 Å². The van der Waals surface area contributed by atoms with E-state index in [2.05, 4.69) is 49.4 Å². The van der Waals surface area contributed by atoms with Crippen LogP contribution in [0.15, 0.2) is 42.5 Å². The van der Waals surface area contributed by atoms with Crippen LogP contribution >= 0.6 is 0 Å². The average Bonchev–Trinajstić information content (AvgIpc) is 2.90. The second-order valence-electron chi connectivity index (χ2n) is 6.34. The SMILES string of the molecule is CC(/C=C/C1CCC[C@@H]1CC(=O)O)CCc1ccccc1. The van der Waals surface area contributed by atoms with Crippen molar-refractivity contribution in [2.24, 2.45) is 17.8 Å². The molecule has 1 fully saturated rings. The van der Waals surface area contributed by atoms with Gasteiger partial charge in [0.15, 0.2) is 0 Å². The molecule has 21 heavy (non-hydrogen) atoms. The van der Waals surface area contributed by atoms with Crippen molar-refractivity contribution < 1.29 is 9.90 Å². The molecular weight excluding hydrogens is 260 g/mol. The third kappa shape index (κ3) is 5.37. The monoisotopic (exact) mass is 286 g/mol. The van der Waals surface area contributed by atoms with Crippen molar-refractivity contribution in [3.8, 4) is 0 Å². The zero-order valence-electron chi connectivity index (χ0n) is 12.9. The normalized spacial score (nSPS) is 23.5. The van der Waals surface area contributed by atoms with Gasteiger partial charge in [0.05, 0.1) is 0 Å². The van der Waals surface area contributed by atoms with E-state index in [-0.39, 0.29) is 0 Å². The molecule has 1 aliphatic carbocycles. The van der Waals surface area contributed by atoms with Crippen molar-refractivity contribution in [3.63, 3.8) is 0 Å². The van der Waals surface area contributed by atoms with Crippen molar-refractivity contribution >= 4 is 5.97 Å². The number of benzene rings is 1. The van der Waals surface area contributed by atoms with Gasteiger partial charge in [-0.15, -0.1) is 0 Å². The minimum atomic E-state index is -0.655. The largest absolute Gasteiger partial charge is 0.481 e. The maximum atomic E-state index is 10.9. The highest BCUT2D eigenvalue weighted by Gasteiger charge is 2.27. The summed E-state index contributed by atoms with van der Waals surface area (Å²) >= 11 is 0. The summed E-state index contributed by atoms with van der Waals surface area (Å²) in [6, 6.07) is 10.6. The van der Waals surface area contributed by atoms with Gasteiger partial charge < -0.3 is 5.11 Å². The Kier molecular flexibility index (Phi) is 6.04. The lowest BCUT2D eigenvalue weighted by Gasteiger charge is -2.14. The number of hydrogen-bond acceptors (Lipinski definition) is 1. The molecule has 2 nitrogen and oxygen atoms in total. The van der Waals surface area contributed by atoms with Crippen LogP contribution in [-0.2, 0) is 11.2 Å². The van der Waals surface area contributed by atoms with Gasteiger partial charge in [-0.05, 0) is 49.0 Å². The minimum Gasteiger partial charge on any atom is -0.481 e. The van der Waals surface area contributed by atoms with Gasteiger partial charge in [-0.25, -0.2) is 0 Å². The number of carboxylic acids is 1. The summed E-state index contributed by atoms with van der Waals surface area (Å²) < 4.78 is 0. The van der Waals surface area contributed by atoms with Crippen LogP contribution in [0, 0.1) is 17.8 Å². The smallest absolute Gasteiger partial charge is 0.303 e. The van der Waals surface area contributed by atoms with Crippen LogP contribution in [0.4, 0.5) is 0 Å². The summed E-state index contributed by atoms with van der Waals surface area (Å²) in [4.78, 5) is 10.9. The summed E-state index contributed by atoms with van der Waals surface area (Å²) in [6.07, 6.45) is 10.6. The molecule has 0 aliphatic heterocycles. The molecule has 0 spiro atoms. The molecule has 0 aromatic heterocycles. The van der Waals surface area contributed by atoms with Crippen molar-refractivity contribution in [1.82, 2.24) is 0 Å². The number of aliphatic carboxylic acids is 1. The molecule has 3 atom stereocenters. The summed E-state index contributed by atoms with van der Waals surface area (Å²) in [7, 11) is 0. The molecule has 1 aromatic rings. The summed E-state index contributed by atoms with van der Waals surface area (Å²) in [5.74, 6) is 0.717. The molecular formula is C19H26O2. The van der Waals surface area contributed by atoms with Gasteiger partial charge >= 0.3 is 5.97 Å². The summed E-state index contributed by atoms with van der Waals surface area (Å²) in [5.41, 5.74) is 1.39. The molecule has 1 aliphatic rings. The summed E-state index contributed by atoms with van der Waals surface area (Å²) in [6.45, 7) is 2.25. The first-order valence-electron chi connectivity index (χ1n) is 8.09. The van der Waals surface area contributed by atoms with Crippen molar-refractivity contribution in [2.75, 3.05) is 0 Å². The molecule has 1 N–H and O–H groups in total. The molecule has 0 heterocycles. The Bertz CT molecular complexity index is 464. The van der Waals surface area contributed by atoms with Crippen LogP contribution in [0.5, 0.6) is 0 Å². The molecule has 1 aromatic carbocycles. The standard InChI is InChI=1S/C19H26O2/c1-15(10-12-16-6-3-2-4-7-16)11-13-17-8-5-9-18(17)14-19(20)21/h2-4,6-7,11,13,15,17-18H,5,8-10,12,14H2,1H3,(H,20,21)/b13-11+/t15?,17?,18-/m1/s1. The topological polar surface area (TPSA) is 37.3 Å². The third-order valence-corrected chi connectivity index (χ3v) is 4.57. The lowest BCUT2D eigenvalue weighted by Crippen LogP contribution is -2.11. The van der Waals surface area contributed by atoms with Gasteiger partial charge in [0.1, 0.15) is 0 Å². The Balaban J connectivity index is 1.78. The number of carboxylic acid groups (broad SMARTS) is 1.